The maximum atomic E-state index is 13.2. The number of rotatable bonds is 11. The first-order valence-corrected chi connectivity index (χ1v) is 11.6. The maximum Gasteiger partial charge on any atom is 0.323 e. The van der Waals surface area contributed by atoms with Gasteiger partial charge in [0.05, 0.1) is 13.2 Å². The van der Waals surface area contributed by atoms with E-state index in [1.807, 2.05) is 61.5 Å². The molecule has 2 aromatic carbocycles. The van der Waals surface area contributed by atoms with Crippen LogP contribution >= 0.6 is 0 Å². The average molecular weight is 449 g/mol. The van der Waals surface area contributed by atoms with E-state index in [-0.39, 0.29) is 43.7 Å². The monoisotopic (exact) mass is 448 g/mol. The number of Topliss-reactive ketones (excluding diaryl/α,β-unsaturated/α-hetero) is 1. The van der Waals surface area contributed by atoms with E-state index in [0.29, 0.717) is 12.0 Å². The zero-order chi connectivity index (χ0) is 23.8. The Kier molecular flexibility index (Phi) is 8.21. The van der Waals surface area contributed by atoms with Crippen molar-refractivity contribution in [3.05, 3.63) is 77.9 Å². The van der Waals surface area contributed by atoms with E-state index in [9.17, 15) is 14.4 Å². The van der Waals surface area contributed by atoms with Crippen LogP contribution in [0.3, 0.4) is 0 Å². The summed E-state index contributed by atoms with van der Waals surface area (Å²) in [6.45, 7) is 5.72. The molecule has 2 aromatic rings. The largest absolute Gasteiger partial charge is 0.465 e. The van der Waals surface area contributed by atoms with E-state index in [1.165, 1.54) is 0 Å². The molecule has 2 unspecified atom stereocenters. The van der Waals surface area contributed by atoms with Crippen LogP contribution in [-0.4, -0.2) is 30.9 Å². The molecule has 0 spiro atoms. The van der Waals surface area contributed by atoms with Crippen molar-refractivity contribution in [2.45, 2.75) is 40.0 Å². The van der Waals surface area contributed by atoms with Gasteiger partial charge in [0.2, 0.25) is 0 Å². The third-order valence-corrected chi connectivity index (χ3v) is 6.25. The molecule has 0 saturated heterocycles. The highest BCUT2D eigenvalue weighted by atomic mass is 16.6. The van der Waals surface area contributed by atoms with Crippen LogP contribution < -0.4 is 0 Å². The number of hydrogen-bond acceptors (Lipinski definition) is 5. The summed E-state index contributed by atoms with van der Waals surface area (Å²) in [7, 11) is 0. The fraction of sp³-hybridized carbons (Fsp3) is 0.393. The zero-order valence-electron chi connectivity index (χ0n) is 19.6. The second-order valence-corrected chi connectivity index (χ2v) is 8.52. The number of carbonyl (C=O) groups excluding carboxylic acids is 3. The Morgan fingerprint density at radius 1 is 0.879 bits per heavy atom. The predicted molar refractivity (Wildman–Crippen MR) is 127 cm³/mol. The number of ketones is 1. The number of ether oxygens (including phenoxy) is 2. The lowest BCUT2D eigenvalue weighted by Crippen LogP contribution is -2.42. The fourth-order valence-corrected chi connectivity index (χ4v) is 4.24. The summed E-state index contributed by atoms with van der Waals surface area (Å²) >= 11 is 0. The first-order chi connectivity index (χ1) is 15.9. The van der Waals surface area contributed by atoms with Crippen LogP contribution in [0.1, 0.15) is 56.0 Å². The first kappa shape index (κ1) is 24.4. The van der Waals surface area contributed by atoms with E-state index in [1.54, 1.807) is 26.0 Å². The summed E-state index contributed by atoms with van der Waals surface area (Å²) in [6.07, 6.45) is 2.94. The van der Waals surface area contributed by atoms with E-state index >= 15 is 0 Å². The quantitative estimate of drug-likeness (QED) is 0.258. The van der Waals surface area contributed by atoms with Crippen LogP contribution in [0.25, 0.3) is 5.57 Å². The highest BCUT2D eigenvalue weighted by Crippen LogP contribution is 2.50. The van der Waals surface area contributed by atoms with Crippen molar-refractivity contribution in [3.63, 3.8) is 0 Å². The van der Waals surface area contributed by atoms with Crippen LogP contribution in [0.4, 0.5) is 0 Å². The minimum atomic E-state index is -1.47. The standard InChI is InChI=1S/C28H32O5/c1-4-32-26(30)28(27(31)33-5-2,17-16-20(3)21-12-8-6-9-13-21)19-23-18-24(23)25(29)22-14-10-7-11-15-22/h6-16,23-24H,4-5,17-19H2,1-3H3/b20-16+. The van der Waals surface area contributed by atoms with Crippen LogP contribution in [0.2, 0.25) is 0 Å². The lowest BCUT2D eigenvalue weighted by Gasteiger charge is -2.28. The van der Waals surface area contributed by atoms with Gasteiger partial charge in [0.15, 0.2) is 11.2 Å². The predicted octanol–water partition coefficient (Wildman–Crippen LogP) is 5.50. The van der Waals surface area contributed by atoms with Gasteiger partial charge >= 0.3 is 11.9 Å². The van der Waals surface area contributed by atoms with Gasteiger partial charge in [-0.05, 0) is 57.1 Å². The number of allylic oxidation sites excluding steroid dienone is 2. The highest BCUT2D eigenvalue weighted by Gasteiger charge is 2.55. The molecular weight excluding hydrogens is 416 g/mol. The molecule has 0 radical (unpaired) electrons. The molecule has 0 N–H and O–H groups in total. The van der Waals surface area contributed by atoms with Gasteiger partial charge in [-0.2, -0.15) is 0 Å². The van der Waals surface area contributed by atoms with Crippen molar-refractivity contribution in [2.24, 2.45) is 17.3 Å². The van der Waals surface area contributed by atoms with Crippen molar-refractivity contribution in [1.82, 2.24) is 0 Å². The van der Waals surface area contributed by atoms with Crippen molar-refractivity contribution >= 4 is 23.3 Å². The lowest BCUT2D eigenvalue weighted by atomic mass is 9.77. The molecule has 5 nitrogen and oxygen atoms in total. The molecule has 33 heavy (non-hydrogen) atoms. The molecule has 0 heterocycles. The van der Waals surface area contributed by atoms with Gasteiger partial charge in [0.1, 0.15) is 0 Å². The van der Waals surface area contributed by atoms with Crippen molar-refractivity contribution in [1.29, 1.82) is 0 Å². The minimum Gasteiger partial charge on any atom is -0.465 e. The van der Waals surface area contributed by atoms with Gasteiger partial charge in [-0.3, -0.25) is 14.4 Å². The summed E-state index contributed by atoms with van der Waals surface area (Å²) < 4.78 is 10.7. The van der Waals surface area contributed by atoms with E-state index in [4.69, 9.17) is 9.47 Å². The Labute approximate surface area is 195 Å². The van der Waals surface area contributed by atoms with Gasteiger partial charge in [0, 0.05) is 11.5 Å². The van der Waals surface area contributed by atoms with Gasteiger partial charge < -0.3 is 9.47 Å². The molecule has 0 bridgehead atoms. The molecule has 0 amide bonds. The molecule has 0 aliphatic heterocycles. The Bertz CT molecular complexity index is 975. The summed E-state index contributed by atoms with van der Waals surface area (Å²) in [6, 6.07) is 18.9. The third kappa shape index (κ3) is 5.78. The summed E-state index contributed by atoms with van der Waals surface area (Å²) in [4.78, 5) is 39.3. The molecule has 1 fully saturated rings. The lowest BCUT2D eigenvalue weighted by molar-refractivity contribution is -0.173. The average Bonchev–Trinajstić information content (AvgIpc) is 3.61. The second kappa shape index (κ2) is 11.1. The van der Waals surface area contributed by atoms with Crippen LogP contribution in [0.15, 0.2) is 66.7 Å². The van der Waals surface area contributed by atoms with Crippen molar-refractivity contribution in [2.75, 3.05) is 13.2 Å². The molecule has 0 aromatic heterocycles. The molecular formula is C28H32O5. The molecule has 1 aliphatic rings. The van der Waals surface area contributed by atoms with Crippen LogP contribution in [-0.2, 0) is 19.1 Å². The molecule has 5 heteroatoms. The van der Waals surface area contributed by atoms with Gasteiger partial charge in [-0.15, -0.1) is 0 Å². The topological polar surface area (TPSA) is 69.7 Å². The number of hydrogen-bond donors (Lipinski definition) is 0. The SMILES string of the molecule is CCOC(=O)C(C/C=C(\C)c1ccccc1)(CC1CC1C(=O)c1ccccc1)C(=O)OCC. The van der Waals surface area contributed by atoms with E-state index in [2.05, 4.69) is 0 Å². The Morgan fingerprint density at radius 3 is 1.91 bits per heavy atom. The zero-order valence-corrected chi connectivity index (χ0v) is 19.6. The number of carbonyl (C=O) groups is 3. The second-order valence-electron chi connectivity index (χ2n) is 8.52. The molecule has 1 saturated carbocycles. The summed E-state index contributed by atoms with van der Waals surface area (Å²) in [5.74, 6) is -1.39. The van der Waals surface area contributed by atoms with E-state index < -0.39 is 17.4 Å². The smallest absolute Gasteiger partial charge is 0.323 e. The van der Waals surface area contributed by atoms with Gasteiger partial charge in [-0.25, -0.2) is 0 Å². The summed E-state index contributed by atoms with van der Waals surface area (Å²) in [5.41, 5.74) is 1.16. The third-order valence-electron chi connectivity index (χ3n) is 6.25. The normalized spacial score (nSPS) is 17.8. The Balaban J connectivity index is 1.88. The van der Waals surface area contributed by atoms with Crippen LogP contribution in [0, 0.1) is 17.3 Å². The fourth-order valence-electron chi connectivity index (χ4n) is 4.24. The molecule has 2 atom stereocenters. The number of benzene rings is 2. The number of esters is 2. The van der Waals surface area contributed by atoms with Gasteiger partial charge in [0.25, 0.3) is 0 Å². The van der Waals surface area contributed by atoms with Crippen LogP contribution in [0.5, 0.6) is 0 Å². The minimum absolute atomic E-state index is 0.0539. The Morgan fingerprint density at radius 2 is 1.39 bits per heavy atom. The first-order valence-electron chi connectivity index (χ1n) is 11.6. The summed E-state index contributed by atoms with van der Waals surface area (Å²) in [5, 5.41) is 0. The van der Waals surface area contributed by atoms with Crippen molar-refractivity contribution in [3.8, 4) is 0 Å². The Hall–Kier alpha value is -3.21. The highest BCUT2D eigenvalue weighted by molar-refractivity contribution is 6.02. The van der Waals surface area contributed by atoms with Crippen molar-refractivity contribution < 1.29 is 23.9 Å². The van der Waals surface area contributed by atoms with Gasteiger partial charge in [-0.1, -0.05) is 66.7 Å². The molecule has 174 valence electrons. The molecule has 1 aliphatic carbocycles. The maximum absolute atomic E-state index is 13.2. The molecule has 3 rings (SSSR count). The van der Waals surface area contributed by atoms with E-state index in [0.717, 1.165) is 11.1 Å².